The summed E-state index contributed by atoms with van der Waals surface area (Å²) in [4.78, 5) is 20.4. The Labute approximate surface area is 153 Å². The number of amides is 1. The number of nitrogens with zero attached hydrogens (tertiary/aromatic N) is 2. The van der Waals surface area contributed by atoms with E-state index in [1.165, 1.54) is 6.20 Å². The van der Waals surface area contributed by atoms with E-state index in [2.05, 4.69) is 20.6 Å². The number of anilines is 2. The highest BCUT2D eigenvalue weighted by atomic mass is 16.5. The highest BCUT2D eigenvalue weighted by Gasteiger charge is 2.26. The molecule has 2 atom stereocenters. The number of nitrogens with two attached hydrogens (primary N) is 1. The van der Waals surface area contributed by atoms with Gasteiger partial charge in [0.1, 0.15) is 5.82 Å². The van der Waals surface area contributed by atoms with Crippen molar-refractivity contribution in [3.05, 3.63) is 11.8 Å². The highest BCUT2D eigenvalue weighted by molar-refractivity contribution is 5.97. The second kappa shape index (κ2) is 8.64. The topological polar surface area (TPSA) is 122 Å². The van der Waals surface area contributed by atoms with Crippen LogP contribution in [0.2, 0.25) is 0 Å². The molecule has 26 heavy (non-hydrogen) atoms. The molecular weight excluding hydrogens is 334 g/mol. The average Bonchev–Trinajstić information content (AvgIpc) is 2.64. The molecule has 0 bridgehead atoms. The van der Waals surface area contributed by atoms with E-state index in [1.54, 1.807) is 7.11 Å². The van der Waals surface area contributed by atoms with Crippen LogP contribution in [-0.2, 0) is 4.74 Å². The van der Waals surface area contributed by atoms with Crippen molar-refractivity contribution in [1.29, 1.82) is 0 Å². The molecular formula is C18H29N5O3. The van der Waals surface area contributed by atoms with Gasteiger partial charge in [0.05, 0.1) is 23.8 Å². The van der Waals surface area contributed by atoms with E-state index in [4.69, 9.17) is 10.5 Å². The fraction of sp³-hybridized carbons (Fsp3) is 0.722. The minimum atomic E-state index is -0.579. The fourth-order valence-electron chi connectivity index (χ4n) is 3.82. The van der Waals surface area contributed by atoms with Crippen LogP contribution < -0.4 is 16.4 Å². The Hall–Kier alpha value is -1.93. The SMILES string of the molecule is CO[C@H]1CC[C@H](Nc2ncc(C(N)=O)c(N[C@@H]3CCCC[C@H]3O)n2)CC1. The molecule has 2 aliphatic carbocycles. The van der Waals surface area contributed by atoms with Gasteiger partial charge in [0.25, 0.3) is 5.91 Å². The van der Waals surface area contributed by atoms with Gasteiger partial charge in [-0.25, -0.2) is 4.98 Å². The molecule has 1 aromatic rings. The average molecular weight is 363 g/mol. The molecule has 5 N–H and O–H groups in total. The van der Waals surface area contributed by atoms with Crippen molar-refractivity contribution in [2.45, 2.75) is 75.7 Å². The maximum Gasteiger partial charge on any atom is 0.254 e. The Kier molecular flexibility index (Phi) is 6.26. The minimum Gasteiger partial charge on any atom is -0.391 e. The first-order valence-corrected chi connectivity index (χ1v) is 9.47. The summed E-state index contributed by atoms with van der Waals surface area (Å²) in [6.07, 6.45) is 8.98. The van der Waals surface area contributed by atoms with E-state index < -0.39 is 12.0 Å². The first kappa shape index (κ1) is 18.8. The second-order valence-corrected chi connectivity index (χ2v) is 7.28. The minimum absolute atomic E-state index is 0.123. The maximum atomic E-state index is 11.7. The lowest BCUT2D eigenvalue weighted by Gasteiger charge is -2.30. The predicted octanol–water partition coefficient (Wildman–Crippen LogP) is 1.66. The van der Waals surface area contributed by atoms with E-state index in [1.807, 2.05) is 0 Å². The van der Waals surface area contributed by atoms with Crippen LogP contribution in [0.15, 0.2) is 6.20 Å². The van der Waals surface area contributed by atoms with Crippen LogP contribution >= 0.6 is 0 Å². The van der Waals surface area contributed by atoms with Gasteiger partial charge in [0.15, 0.2) is 0 Å². The first-order chi connectivity index (χ1) is 12.6. The summed E-state index contributed by atoms with van der Waals surface area (Å²) in [5.74, 6) is 0.292. The maximum absolute atomic E-state index is 11.7. The van der Waals surface area contributed by atoms with Crippen molar-refractivity contribution in [2.24, 2.45) is 5.73 Å². The zero-order valence-electron chi connectivity index (χ0n) is 15.3. The van der Waals surface area contributed by atoms with E-state index in [9.17, 15) is 9.90 Å². The summed E-state index contributed by atoms with van der Waals surface area (Å²) in [6, 6.07) is 0.163. The van der Waals surface area contributed by atoms with Crippen molar-refractivity contribution in [1.82, 2.24) is 9.97 Å². The number of carbonyl (C=O) groups excluding carboxylic acids is 1. The highest BCUT2D eigenvalue weighted by Crippen LogP contribution is 2.25. The zero-order chi connectivity index (χ0) is 18.5. The lowest BCUT2D eigenvalue weighted by atomic mass is 9.92. The molecule has 2 saturated carbocycles. The van der Waals surface area contributed by atoms with E-state index in [0.29, 0.717) is 17.9 Å². The molecule has 8 nitrogen and oxygen atoms in total. The number of aromatic nitrogens is 2. The summed E-state index contributed by atoms with van der Waals surface area (Å²) in [7, 11) is 1.75. The molecule has 0 aliphatic heterocycles. The Morgan fingerprint density at radius 3 is 2.58 bits per heavy atom. The molecule has 1 heterocycles. The molecule has 2 aliphatic rings. The number of rotatable bonds is 6. The van der Waals surface area contributed by atoms with Gasteiger partial charge >= 0.3 is 0 Å². The van der Waals surface area contributed by atoms with Crippen LogP contribution in [-0.4, -0.2) is 52.4 Å². The Bertz CT molecular complexity index is 619. The number of primary amides is 1. The van der Waals surface area contributed by atoms with Crippen molar-refractivity contribution in [3.8, 4) is 0 Å². The van der Waals surface area contributed by atoms with E-state index in [-0.39, 0.29) is 17.6 Å². The third-order valence-electron chi connectivity index (χ3n) is 5.45. The number of aliphatic hydroxyl groups is 1. The number of hydrogen-bond donors (Lipinski definition) is 4. The Morgan fingerprint density at radius 2 is 1.92 bits per heavy atom. The zero-order valence-corrected chi connectivity index (χ0v) is 15.3. The number of carbonyl (C=O) groups is 1. The van der Waals surface area contributed by atoms with Gasteiger partial charge in [-0.05, 0) is 38.5 Å². The molecule has 0 aromatic carbocycles. The quantitative estimate of drug-likeness (QED) is 0.606. The number of methoxy groups -OCH3 is 1. The smallest absolute Gasteiger partial charge is 0.254 e. The lowest BCUT2D eigenvalue weighted by molar-refractivity contribution is 0.0681. The van der Waals surface area contributed by atoms with Gasteiger partial charge < -0.3 is 26.2 Å². The Morgan fingerprint density at radius 1 is 1.19 bits per heavy atom. The molecule has 3 rings (SSSR count). The van der Waals surface area contributed by atoms with Crippen molar-refractivity contribution in [2.75, 3.05) is 17.7 Å². The van der Waals surface area contributed by atoms with Gasteiger partial charge in [0, 0.05) is 19.3 Å². The molecule has 0 spiro atoms. The standard InChI is InChI=1S/C18H29N5O3/c1-26-12-8-6-11(7-9-12)21-18-20-10-13(16(19)25)17(23-18)22-14-4-2-3-5-15(14)24/h10-12,14-15,24H,2-9H2,1H3,(H2,19,25)(H2,20,21,22,23)/t11-,12-,14-,15-/m1/s1. The third-order valence-corrected chi connectivity index (χ3v) is 5.45. The summed E-state index contributed by atoms with van der Waals surface area (Å²) in [6.45, 7) is 0. The van der Waals surface area contributed by atoms with Crippen molar-refractivity contribution >= 4 is 17.7 Å². The normalized spacial score (nSPS) is 29.2. The van der Waals surface area contributed by atoms with Crippen LogP contribution in [0, 0.1) is 0 Å². The molecule has 0 radical (unpaired) electrons. The largest absolute Gasteiger partial charge is 0.391 e. The van der Waals surface area contributed by atoms with Gasteiger partial charge in [0.2, 0.25) is 5.95 Å². The number of ether oxygens (including phenoxy) is 1. The molecule has 1 aromatic heterocycles. The summed E-state index contributed by atoms with van der Waals surface area (Å²) >= 11 is 0. The van der Waals surface area contributed by atoms with E-state index in [0.717, 1.165) is 51.4 Å². The molecule has 0 saturated heterocycles. The summed E-state index contributed by atoms with van der Waals surface area (Å²) in [5, 5.41) is 16.7. The van der Waals surface area contributed by atoms with Crippen molar-refractivity contribution < 1.29 is 14.6 Å². The van der Waals surface area contributed by atoms with Crippen LogP contribution in [0.1, 0.15) is 61.7 Å². The van der Waals surface area contributed by atoms with Gasteiger partial charge in [-0.3, -0.25) is 4.79 Å². The van der Waals surface area contributed by atoms with Crippen LogP contribution in [0.3, 0.4) is 0 Å². The molecule has 2 fully saturated rings. The second-order valence-electron chi connectivity index (χ2n) is 7.28. The first-order valence-electron chi connectivity index (χ1n) is 9.47. The van der Waals surface area contributed by atoms with Gasteiger partial charge in [-0.2, -0.15) is 4.98 Å². The van der Waals surface area contributed by atoms with Crippen LogP contribution in [0.25, 0.3) is 0 Å². The monoisotopic (exact) mass is 363 g/mol. The number of nitrogens with one attached hydrogen (secondary N) is 2. The third kappa shape index (κ3) is 4.62. The van der Waals surface area contributed by atoms with Crippen LogP contribution in [0.4, 0.5) is 11.8 Å². The Balaban J connectivity index is 1.70. The molecule has 1 amide bonds. The molecule has 144 valence electrons. The summed E-state index contributed by atoms with van der Waals surface area (Å²) < 4.78 is 5.40. The van der Waals surface area contributed by atoms with Crippen LogP contribution in [0.5, 0.6) is 0 Å². The number of hydrogen-bond acceptors (Lipinski definition) is 7. The fourth-order valence-corrected chi connectivity index (χ4v) is 3.82. The summed E-state index contributed by atoms with van der Waals surface area (Å²) in [5.41, 5.74) is 5.71. The predicted molar refractivity (Wildman–Crippen MR) is 99.1 cm³/mol. The molecule has 0 unspecified atom stereocenters. The molecule has 8 heteroatoms. The van der Waals surface area contributed by atoms with Gasteiger partial charge in [-0.15, -0.1) is 0 Å². The van der Waals surface area contributed by atoms with Crippen molar-refractivity contribution in [3.63, 3.8) is 0 Å². The van der Waals surface area contributed by atoms with E-state index >= 15 is 0 Å². The number of aliphatic hydroxyl groups excluding tert-OH is 1. The van der Waals surface area contributed by atoms with Gasteiger partial charge in [-0.1, -0.05) is 12.8 Å². The lowest BCUT2D eigenvalue weighted by Crippen LogP contribution is -2.37.